The van der Waals surface area contributed by atoms with Crippen LogP contribution < -0.4 is 11.2 Å². The second kappa shape index (κ2) is 8.84. The van der Waals surface area contributed by atoms with Crippen molar-refractivity contribution in [3.05, 3.63) is 53.9 Å². The van der Waals surface area contributed by atoms with Crippen molar-refractivity contribution >= 4 is 28.4 Å². The van der Waals surface area contributed by atoms with E-state index in [0.29, 0.717) is 23.9 Å². The number of nitrogen functional groups attached to an aromatic ring is 1. The molecule has 0 bridgehead atoms. The first-order chi connectivity index (χ1) is 14.1. The van der Waals surface area contributed by atoms with Gasteiger partial charge in [0.1, 0.15) is 0 Å². The van der Waals surface area contributed by atoms with Gasteiger partial charge >= 0.3 is 0 Å². The van der Waals surface area contributed by atoms with Crippen LogP contribution in [0.4, 0.5) is 0 Å². The summed E-state index contributed by atoms with van der Waals surface area (Å²) >= 11 is 1.31. The quantitative estimate of drug-likeness (QED) is 0.458. The van der Waals surface area contributed by atoms with Gasteiger partial charge in [0.05, 0.1) is 11.4 Å². The molecular formula is C21H25N5O2S. The second-order valence-electron chi connectivity index (χ2n) is 7.22. The summed E-state index contributed by atoms with van der Waals surface area (Å²) in [6.07, 6.45) is 2.75. The number of nitrogens with zero attached hydrogens (tertiary/aromatic N) is 3. The molecule has 7 nitrogen and oxygen atoms in total. The van der Waals surface area contributed by atoms with Gasteiger partial charge in [0.2, 0.25) is 11.1 Å². The fraction of sp³-hybridized carbons (Fsp3) is 0.381. The van der Waals surface area contributed by atoms with E-state index in [1.54, 1.807) is 0 Å². The fourth-order valence-electron chi connectivity index (χ4n) is 3.50. The van der Waals surface area contributed by atoms with E-state index in [1.807, 2.05) is 25.1 Å². The predicted octanol–water partition coefficient (Wildman–Crippen LogP) is 2.51. The number of carbonyl (C=O) groups excluding carboxylic acids is 1. The Morgan fingerprint density at radius 3 is 2.97 bits per heavy atom. The number of rotatable bonds is 7. The second-order valence-corrected chi connectivity index (χ2v) is 8.53. The Hall–Kier alpha value is -2.58. The molecule has 0 unspecified atom stereocenters. The average Bonchev–Trinajstić information content (AvgIpc) is 3.38. The third-order valence-corrected chi connectivity index (χ3v) is 6.20. The number of carbonyl (C=O) groups is 1. The summed E-state index contributed by atoms with van der Waals surface area (Å²) < 4.78 is 7.03. The van der Waals surface area contributed by atoms with E-state index in [4.69, 9.17) is 10.6 Å². The fourth-order valence-corrected chi connectivity index (χ4v) is 4.31. The largest absolute Gasteiger partial charge is 0.376 e. The Morgan fingerprint density at radius 2 is 2.14 bits per heavy atom. The minimum absolute atomic E-state index is 0.0518. The van der Waals surface area contributed by atoms with Gasteiger partial charge in [0.15, 0.2) is 5.82 Å². The van der Waals surface area contributed by atoms with Crippen molar-refractivity contribution in [2.45, 2.75) is 42.7 Å². The summed E-state index contributed by atoms with van der Waals surface area (Å²) in [6.45, 7) is 3.17. The molecule has 1 aliphatic rings. The number of benzene rings is 2. The SMILES string of the molecule is C[C@@H](Sc1nnc(Cc2cccc3ccccc23)n1N)C(=O)NC[C@@H]1CCCO1. The van der Waals surface area contributed by atoms with Crippen molar-refractivity contribution < 1.29 is 9.53 Å². The first-order valence-electron chi connectivity index (χ1n) is 9.84. The van der Waals surface area contributed by atoms with Crippen LogP contribution >= 0.6 is 11.8 Å². The molecule has 3 aromatic rings. The number of hydrogen-bond acceptors (Lipinski definition) is 6. The lowest BCUT2D eigenvalue weighted by molar-refractivity contribution is -0.120. The smallest absolute Gasteiger partial charge is 0.233 e. The van der Waals surface area contributed by atoms with Crippen molar-refractivity contribution in [2.24, 2.45) is 0 Å². The third-order valence-electron chi connectivity index (χ3n) is 5.14. The van der Waals surface area contributed by atoms with Crippen LogP contribution in [0.5, 0.6) is 0 Å². The third kappa shape index (κ3) is 4.54. The summed E-state index contributed by atoms with van der Waals surface area (Å²) in [5, 5.41) is 14.0. The Morgan fingerprint density at radius 1 is 1.31 bits per heavy atom. The Kier molecular flexibility index (Phi) is 6.01. The van der Waals surface area contributed by atoms with Crippen LogP contribution in [0.25, 0.3) is 10.8 Å². The van der Waals surface area contributed by atoms with Crippen LogP contribution in [0.2, 0.25) is 0 Å². The highest BCUT2D eigenvalue weighted by Crippen LogP contribution is 2.24. The van der Waals surface area contributed by atoms with Crippen LogP contribution in [0.3, 0.4) is 0 Å². The molecule has 1 aliphatic heterocycles. The lowest BCUT2D eigenvalue weighted by Crippen LogP contribution is -2.36. The standard InChI is InChI=1S/C21H25N5O2S/c1-14(20(27)23-13-17-9-5-11-28-17)29-21-25-24-19(26(21)22)12-16-8-4-7-15-6-2-3-10-18(15)16/h2-4,6-8,10,14,17H,5,9,11-13,22H2,1H3,(H,23,27)/t14-,17+/m1/s1. The zero-order valence-corrected chi connectivity index (χ0v) is 17.2. The van der Waals surface area contributed by atoms with Crippen LogP contribution in [0.15, 0.2) is 47.6 Å². The van der Waals surface area contributed by atoms with E-state index in [-0.39, 0.29) is 17.3 Å². The zero-order chi connectivity index (χ0) is 20.2. The van der Waals surface area contributed by atoms with Gasteiger partial charge in [-0.3, -0.25) is 4.79 Å². The summed E-state index contributed by atoms with van der Waals surface area (Å²) in [5.74, 6) is 6.85. The molecule has 2 atom stereocenters. The normalized spacial score (nSPS) is 17.5. The van der Waals surface area contributed by atoms with Gasteiger partial charge in [-0.1, -0.05) is 54.2 Å². The minimum atomic E-state index is -0.326. The maximum Gasteiger partial charge on any atom is 0.233 e. The molecule has 0 radical (unpaired) electrons. The molecule has 1 saturated heterocycles. The zero-order valence-electron chi connectivity index (χ0n) is 16.4. The van der Waals surface area contributed by atoms with E-state index >= 15 is 0 Å². The number of amides is 1. The van der Waals surface area contributed by atoms with Crippen LogP contribution in [-0.4, -0.2) is 45.3 Å². The van der Waals surface area contributed by atoms with Crippen molar-refractivity contribution in [3.8, 4) is 0 Å². The lowest BCUT2D eigenvalue weighted by Gasteiger charge is -2.14. The molecule has 8 heteroatoms. The van der Waals surface area contributed by atoms with Gasteiger partial charge in [-0.05, 0) is 36.1 Å². The van der Waals surface area contributed by atoms with E-state index in [0.717, 1.165) is 25.0 Å². The van der Waals surface area contributed by atoms with Crippen molar-refractivity contribution in [2.75, 3.05) is 19.0 Å². The molecule has 2 aromatic carbocycles. The summed E-state index contributed by atoms with van der Waals surface area (Å²) in [6, 6.07) is 14.4. The Labute approximate surface area is 174 Å². The number of nitrogens with one attached hydrogen (secondary N) is 1. The van der Waals surface area contributed by atoms with Gasteiger partial charge in [-0.2, -0.15) is 0 Å². The van der Waals surface area contributed by atoms with Crippen LogP contribution in [0.1, 0.15) is 31.2 Å². The minimum Gasteiger partial charge on any atom is -0.376 e. The maximum atomic E-state index is 12.4. The molecule has 0 aliphatic carbocycles. The van der Waals surface area contributed by atoms with Crippen LogP contribution in [-0.2, 0) is 16.0 Å². The van der Waals surface area contributed by atoms with Crippen molar-refractivity contribution in [1.82, 2.24) is 20.2 Å². The molecule has 152 valence electrons. The number of fused-ring (bicyclic) bond motifs is 1. The van der Waals surface area contributed by atoms with Crippen LogP contribution in [0, 0.1) is 0 Å². The first-order valence-corrected chi connectivity index (χ1v) is 10.7. The van der Waals surface area contributed by atoms with E-state index in [9.17, 15) is 4.79 Å². The molecule has 4 rings (SSSR count). The molecule has 2 heterocycles. The van der Waals surface area contributed by atoms with Gasteiger partial charge in [-0.15, -0.1) is 10.2 Å². The monoisotopic (exact) mass is 411 g/mol. The summed E-state index contributed by atoms with van der Waals surface area (Å²) in [7, 11) is 0. The molecule has 3 N–H and O–H groups in total. The van der Waals surface area contributed by atoms with Gasteiger partial charge in [0, 0.05) is 19.6 Å². The van der Waals surface area contributed by atoms with Crippen molar-refractivity contribution in [1.29, 1.82) is 0 Å². The lowest BCUT2D eigenvalue weighted by atomic mass is 10.0. The summed E-state index contributed by atoms with van der Waals surface area (Å²) in [5.41, 5.74) is 1.14. The number of ether oxygens (including phenoxy) is 1. The Balaban J connectivity index is 1.40. The number of nitrogens with two attached hydrogens (primary N) is 1. The molecule has 0 saturated carbocycles. The average molecular weight is 412 g/mol. The van der Waals surface area contributed by atoms with Gasteiger partial charge < -0.3 is 15.9 Å². The molecule has 1 amide bonds. The van der Waals surface area contributed by atoms with Gasteiger partial charge in [0.25, 0.3) is 0 Å². The summed E-state index contributed by atoms with van der Waals surface area (Å²) in [4.78, 5) is 12.4. The molecule has 1 fully saturated rings. The highest BCUT2D eigenvalue weighted by molar-refractivity contribution is 8.00. The van der Waals surface area contributed by atoms with E-state index in [1.165, 1.54) is 27.2 Å². The highest BCUT2D eigenvalue weighted by atomic mass is 32.2. The molecular weight excluding hydrogens is 386 g/mol. The Bertz CT molecular complexity index is 994. The molecule has 29 heavy (non-hydrogen) atoms. The van der Waals surface area contributed by atoms with E-state index < -0.39 is 0 Å². The highest BCUT2D eigenvalue weighted by Gasteiger charge is 2.22. The number of aromatic nitrogens is 3. The predicted molar refractivity (Wildman–Crippen MR) is 114 cm³/mol. The molecule has 0 spiro atoms. The number of thioether (sulfide) groups is 1. The van der Waals surface area contributed by atoms with E-state index in [2.05, 4.69) is 39.8 Å². The van der Waals surface area contributed by atoms with Gasteiger partial charge in [-0.25, -0.2) is 4.68 Å². The van der Waals surface area contributed by atoms with Crippen molar-refractivity contribution in [3.63, 3.8) is 0 Å². The molecule has 1 aromatic heterocycles. The first kappa shape index (κ1) is 19.7. The number of hydrogen-bond donors (Lipinski definition) is 2. The maximum absolute atomic E-state index is 12.4. The topological polar surface area (TPSA) is 95.1 Å².